The van der Waals surface area contributed by atoms with Gasteiger partial charge in [0.05, 0.1) is 12.1 Å². The predicted molar refractivity (Wildman–Crippen MR) is 82.0 cm³/mol. The molecule has 0 aliphatic carbocycles. The predicted octanol–water partition coefficient (Wildman–Crippen LogP) is 1.98. The van der Waals surface area contributed by atoms with Crippen molar-refractivity contribution in [2.45, 2.75) is 18.9 Å². The van der Waals surface area contributed by atoms with Crippen LogP contribution in [0.3, 0.4) is 0 Å². The minimum absolute atomic E-state index is 0.0517. The number of nitrogens with zero attached hydrogens (tertiary/aromatic N) is 3. The van der Waals surface area contributed by atoms with E-state index in [2.05, 4.69) is 10.4 Å². The highest BCUT2D eigenvalue weighted by Crippen LogP contribution is 2.32. The number of hydrogen-bond donors (Lipinski definition) is 1. The number of fused-ring (bicyclic) bond motifs is 1. The van der Waals surface area contributed by atoms with E-state index in [9.17, 15) is 4.79 Å². The number of rotatable bonds is 3. The highest BCUT2D eigenvalue weighted by Gasteiger charge is 2.28. The Hall–Kier alpha value is -2.30. The van der Waals surface area contributed by atoms with Gasteiger partial charge in [0.15, 0.2) is 0 Å². The summed E-state index contributed by atoms with van der Waals surface area (Å²) in [6, 6.07) is 8.07. The van der Waals surface area contributed by atoms with E-state index >= 15 is 0 Å². The van der Waals surface area contributed by atoms with Crippen molar-refractivity contribution in [2.24, 2.45) is 7.05 Å². The van der Waals surface area contributed by atoms with Crippen LogP contribution in [0.2, 0.25) is 0 Å². The first-order chi connectivity index (χ1) is 10.1. The first-order valence-electron chi connectivity index (χ1n) is 7.20. The maximum absolute atomic E-state index is 12.7. The molecule has 1 aliphatic heterocycles. The van der Waals surface area contributed by atoms with Crippen molar-refractivity contribution in [1.29, 1.82) is 0 Å². The Morgan fingerprint density at radius 1 is 1.48 bits per heavy atom. The molecule has 0 radical (unpaired) electrons. The molecular formula is C16H20N4O. The Morgan fingerprint density at radius 2 is 2.29 bits per heavy atom. The minimum Gasteiger partial charge on any atom is -0.385 e. The molecule has 2 heterocycles. The van der Waals surface area contributed by atoms with E-state index in [0.29, 0.717) is 6.54 Å². The number of carbonyl (C=O) groups excluding carboxylic acids is 1. The van der Waals surface area contributed by atoms with Crippen LogP contribution in [0.5, 0.6) is 0 Å². The summed E-state index contributed by atoms with van der Waals surface area (Å²) in [5.41, 5.74) is 3.24. The molecule has 0 saturated heterocycles. The number of benzene rings is 1. The van der Waals surface area contributed by atoms with Gasteiger partial charge in [-0.2, -0.15) is 5.10 Å². The van der Waals surface area contributed by atoms with Crippen molar-refractivity contribution < 1.29 is 4.79 Å². The van der Waals surface area contributed by atoms with Crippen LogP contribution in [0, 0.1) is 0 Å². The Balaban J connectivity index is 1.76. The summed E-state index contributed by atoms with van der Waals surface area (Å²) in [6.45, 7) is 1.44. The van der Waals surface area contributed by atoms with Gasteiger partial charge in [0.1, 0.15) is 0 Å². The fraction of sp³-hybridized carbons (Fsp3) is 0.375. The van der Waals surface area contributed by atoms with E-state index in [-0.39, 0.29) is 11.8 Å². The molecule has 1 aromatic heterocycles. The number of para-hydroxylation sites is 1. The largest absolute Gasteiger partial charge is 0.385 e. The molecule has 0 fully saturated rings. The van der Waals surface area contributed by atoms with Crippen molar-refractivity contribution in [3.05, 3.63) is 47.8 Å². The number of amides is 1. The number of likely N-dealkylation sites (N-methyl/N-ethyl adjacent to an activating group) is 1. The van der Waals surface area contributed by atoms with Gasteiger partial charge in [-0.25, -0.2) is 0 Å². The summed E-state index contributed by atoms with van der Waals surface area (Å²) in [5.74, 6) is 0.122. The molecule has 21 heavy (non-hydrogen) atoms. The fourth-order valence-corrected chi connectivity index (χ4v) is 2.90. The molecule has 0 saturated carbocycles. The number of aromatic nitrogens is 2. The van der Waals surface area contributed by atoms with Gasteiger partial charge in [-0.1, -0.05) is 18.2 Å². The molecular weight excluding hydrogens is 264 g/mol. The second-order valence-electron chi connectivity index (χ2n) is 5.57. The number of anilines is 1. The molecule has 0 spiro atoms. The lowest BCUT2D eigenvalue weighted by Crippen LogP contribution is -2.34. The lowest BCUT2D eigenvalue weighted by Gasteiger charge is -2.29. The van der Waals surface area contributed by atoms with Crippen molar-refractivity contribution >= 4 is 11.6 Å². The van der Waals surface area contributed by atoms with E-state index in [4.69, 9.17) is 0 Å². The van der Waals surface area contributed by atoms with E-state index in [1.54, 1.807) is 15.8 Å². The molecule has 1 N–H and O–H groups in total. The second kappa shape index (κ2) is 5.60. The van der Waals surface area contributed by atoms with Crippen molar-refractivity contribution in [3.8, 4) is 0 Å². The van der Waals surface area contributed by atoms with E-state index in [0.717, 1.165) is 29.8 Å². The Labute approximate surface area is 124 Å². The van der Waals surface area contributed by atoms with E-state index in [1.165, 1.54) is 0 Å². The minimum atomic E-state index is -0.0517. The van der Waals surface area contributed by atoms with Crippen LogP contribution in [0.15, 0.2) is 36.7 Å². The van der Waals surface area contributed by atoms with Crippen LogP contribution < -0.4 is 5.32 Å². The molecule has 110 valence electrons. The third-order valence-electron chi connectivity index (χ3n) is 3.94. The van der Waals surface area contributed by atoms with Crippen LogP contribution >= 0.6 is 0 Å². The summed E-state index contributed by atoms with van der Waals surface area (Å²) in [6.07, 6.45) is 4.59. The molecule has 5 heteroatoms. The molecule has 1 amide bonds. The zero-order chi connectivity index (χ0) is 14.8. The molecule has 2 aromatic rings. The third-order valence-corrected chi connectivity index (χ3v) is 3.94. The van der Waals surface area contributed by atoms with Crippen LogP contribution in [0.4, 0.5) is 5.69 Å². The van der Waals surface area contributed by atoms with Gasteiger partial charge < -0.3 is 10.2 Å². The lowest BCUT2D eigenvalue weighted by molar-refractivity contribution is -0.132. The van der Waals surface area contributed by atoms with E-state index < -0.39 is 0 Å². The van der Waals surface area contributed by atoms with Gasteiger partial charge in [-0.15, -0.1) is 0 Å². The Bertz CT molecular complexity index is 649. The Morgan fingerprint density at radius 3 is 3.05 bits per heavy atom. The highest BCUT2D eigenvalue weighted by molar-refractivity contribution is 5.86. The summed E-state index contributed by atoms with van der Waals surface area (Å²) in [5, 5.41) is 7.50. The van der Waals surface area contributed by atoms with Crippen LogP contribution in [0.25, 0.3) is 0 Å². The molecule has 1 atom stereocenters. The maximum Gasteiger partial charge on any atom is 0.230 e. The topological polar surface area (TPSA) is 50.2 Å². The number of nitrogens with one attached hydrogen (secondary N) is 1. The molecule has 3 rings (SSSR count). The van der Waals surface area contributed by atoms with Crippen LogP contribution in [-0.4, -0.2) is 34.2 Å². The first-order valence-corrected chi connectivity index (χ1v) is 7.20. The van der Waals surface area contributed by atoms with Gasteiger partial charge in [0, 0.05) is 44.6 Å². The van der Waals surface area contributed by atoms with Gasteiger partial charge in [0.25, 0.3) is 0 Å². The van der Waals surface area contributed by atoms with Gasteiger partial charge in [-0.05, 0) is 18.1 Å². The SMILES string of the molecule is CN(Cc1cnn(C)c1)C(=O)C1CCNc2ccccc21. The van der Waals surface area contributed by atoms with Gasteiger partial charge >= 0.3 is 0 Å². The number of carbonyl (C=O) groups is 1. The van der Waals surface area contributed by atoms with Crippen molar-refractivity contribution in [2.75, 3.05) is 18.9 Å². The van der Waals surface area contributed by atoms with Gasteiger partial charge in [0.2, 0.25) is 5.91 Å². The average Bonchev–Trinajstić information content (AvgIpc) is 2.91. The first kappa shape index (κ1) is 13.7. The summed E-state index contributed by atoms with van der Waals surface area (Å²) in [7, 11) is 3.74. The van der Waals surface area contributed by atoms with Crippen LogP contribution in [0.1, 0.15) is 23.5 Å². The monoisotopic (exact) mass is 284 g/mol. The normalized spacial score (nSPS) is 17.0. The number of aryl methyl sites for hydroxylation is 1. The molecule has 1 aliphatic rings. The zero-order valence-electron chi connectivity index (χ0n) is 12.4. The number of hydrogen-bond acceptors (Lipinski definition) is 3. The van der Waals surface area contributed by atoms with Crippen molar-refractivity contribution in [1.82, 2.24) is 14.7 Å². The highest BCUT2D eigenvalue weighted by atomic mass is 16.2. The summed E-state index contributed by atoms with van der Waals surface area (Å²) >= 11 is 0. The fourth-order valence-electron chi connectivity index (χ4n) is 2.90. The van der Waals surface area contributed by atoms with Gasteiger partial charge in [-0.3, -0.25) is 9.48 Å². The molecule has 0 bridgehead atoms. The lowest BCUT2D eigenvalue weighted by atomic mass is 9.90. The Kier molecular flexibility index (Phi) is 3.64. The average molecular weight is 284 g/mol. The van der Waals surface area contributed by atoms with Crippen LogP contribution in [-0.2, 0) is 18.4 Å². The smallest absolute Gasteiger partial charge is 0.230 e. The molecule has 1 aromatic carbocycles. The summed E-state index contributed by atoms with van der Waals surface area (Å²) < 4.78 is 1.76. The zero-order valence-corrected chi connectivity index (χ0v) is 12.4. The molecule has 5 nitrogen and oxygen atoms in total. The molecule has 1 unspecified atom stereocenters. The van der Waals surface area contributed by atoms with Crippen molar-refractivity contribution in [3.63, 3.8) is 0 Å². The summed E-state index contributed by atoms with van der Waals surface area (Å²) in [4.78, 5) is 14.5. The van der Waals surface area contributed by atoms with E-state index in [1.807, 2.05) is 44.6 Å². The third kappa shape index (κ3) is 2.77. The second-order valence-corrected chi connectivity index (χ2v) is 5.57. The quantitative estimate of drug-likeness (QED) is 0.937. The standard InChI is InChI=1S/C16H20N4O/c1-19(10-12-9-18-20(2)11-12)16(21)14-7-8-17-15-6-4-3-5-13(14)15/h3-6,9,11,14,17H,7-8,10H2,1-2H3. The maximum atomic E-state index is 12.7.